The Morgan fingerprint density at radius 1 is 1.19 bits per heavy atom. The summed E-state index contributed by atoms with van der Waals surface area (Å²) in [5.41, 5.74) is 0.617. The number of anilines is 1. The number of alkyl halides is 2. The third-order valence-corrected chi connectivity index (χ3v) is 4.36. The summed E-state index contributed by atoms with van der Waals surface area (Å²) in [7, 11) is 0. The van der Waals surface area contributed by atoms with E-state index in [1.807, 2.05) is 0 Å². The molecule has 0 amide bonds. The van der Waals surface area contributed by atoms with Crippen molar-refractivity contribution in [3.05, 3.63) is 24.0 Å². The normalized spacial score (nSPS) is 25.9. The lowest BCUT2D eigenvalue weighted by molar-refractivity contribution is -0.0521. The molecule has 1 N–H and O–H groups in total. The zero-order chi connectivity index (χ0) is 14.8. The molecule has 0 aliphatic carbocycles. The van der Waals surface area contributed by atoms with Crippen LogP contribution in [0.1, 0.15) is 25.7 Å². The SMILES string of the molecule is Fc1cc(NC2CCN3CCCCC23)ccc1OC(F)F. The molecule has 2 heterocycles. The number of benzene rings is 1. The number of hydrogen-bond donors (Lipinski definition) is 1. The quantitative estimate of drug-likeness (QED) is 0.921. The number of piperidine rings is 1. The van der Waals surface area contributed by atoms with Crippen molar-refractivity contribution in [2.24, 2.45) is 0 Å². The molecule has 3 nitrogen and oxygen atoms in total. The fraction of sp³-hybridized carbons (Fsp3) is 0.600. The summed E-state index contributed by atoms with van der Waals surface area (Å²) < 4.78 is 42.0. The van der Waals surface area contributed by atoms with E-state index < -0.39 is 18.2 Å². The van der Waals surface area contributed by atoms with Crippen molar-refractivity contribution in [1.82, 2.24) is 4.90 Å². The third kappa shape index (κ3) is 3.26. The first-order valence-corrected chi connectivity index (χ1v) is 7.38. The van der Waals surface area contributed by atoms with Crippen LogP contribution < -0.4 is 10.1 Å². The Morgan fingerprint density at radius 2 is 2.05 bits per heavy atom. The van der Waals surface area contributed by atoms with Gasteiger partial charge in [0.1, 0.15) is 0 Å². The highest BCUT2D eigenvalue weighted by Gasteiger charge is 2.35. The molecule has 0 aromatic heterocycles. The number of nitrogens with zero attached hydrogens (tertiary/aromatic N) is 1. The molecule has 2 aliphatic heterocycles. The van der Waals surface area contributed by atoms with Crippen molar-refractivity contribution >= 4 is 5.69 Å². The van der Waals surface area contributed by atoms with Crippen LogP contribution in [0, 0.1) is 5.82 Å². The molecule has 21 heavy (non-hydrogen) atoms. The summed E-state index contributed by atoms with van der Waals surface area (Å²) in [6.07, 6.45) is 4.67. The zero-order valence-electron chi connectivity index (χ0n) is 11.7. The smallest absolute Gasteiger partial charge is 0.387 e. The summed E-state index contributed by atoms with van der Waals surface area (Å²) in [5, 5.41) is 3.34. The van der Waals surface area contributed by atoms with Crippen molar-refractivity contribution in [3.8, 4) is 5.75 Å². The minimum atomic E-state index is -3.01. The van der Waals surface area contributed by atoms with Crippen LogP contribution in [0.5, 0.6) is 5.75 Å². The van der Waals surface area contributed by atoms with Crippen LogP contribution in [0.3, 0.4) is 0 Å². The fourth-order valence-electron chi connectivity index (χ4n) is 3.41. The Labute approximate surface area is 122 Å². The van der Waals surface area contributed by atoms with Crippen LogP contribution in [-0.2, 0) is 0 Å². The van der Waals surface area contributed by atoms with Gasteiger partial charge in [-0.2, -0.15) is 8.78 Å². The van der Waals surface area contributed by atoms with E-state index in [1.165, 1.54) is 25.0 Å². The summed E-state index contributed by atoms with van der Waals surface area (Å²) in [6, 6.07) is 4.86. The van der Waals surface area contributed by atoms with E-state index in [9.17, 15) is 13.2 Å². The maximum Gasteiger partial charge on any atom is 0.387 e. The van der Waals surface area contributed by atoms with Gasteiger partial charge in [0.2, 0.25) is 0 Å². The Morgan fingerprint density at radius 3 is 2.81 bits per heavy atom. The van der Waals surface area contributed by atoms with Gasteiger partial charge in [-0.25, -0.2) is 4.39 Å². The molecular formula is C15H19F3N2O. The molecule has 2 saturated heterocycles. The average Bonchev–Trinajstić information content (AvgIpc) is 2.85. The molecule has 0 saturated carbocycles. The molecule has 116 valence electrons. The minimum absolute atomic E-state index is 0.298. The van der Waals surface area contributed by atoms with Gasteiger partial charge < -0.3 is 10.1 Å². The second-order valence-electron chi connectivity index (χ2n) is 5.66. The molecule has 3 rings (SSSR count). The average molecular weight is 300 g/mol. The van der Waals surface area contributed by atoms with E-state index in [1.54, 1.807) is 6.07 Å². The topological polar surface area (TPSA) is 24.5 Å². The van der Waals surface area contributed by atoms with Crippen LogP contribution in [0.2, 0.25) is 0 Å². The molecular weight excluding hydrogens is 281 g/mol. The molecule has 1 aromatic carbocycles. The Balaban J connectivity index is 1.66. The van der Waals surface area contributed by atoms with Crippen LogP contribution >= 0.6 is 0 Å². The first kappa shape index (κ1) is 14.5. The summed E-state index contributed by atoms with van der Waals surface area (Å²) >= 11 is 0. The van der Waals surface area contributed by atoms with E-state index in [4.69, 9.17) is 0 Å². The van der Waals surface area contributed by atoms with E-state index >= 15 is 0 Å². The molecule has 0 bridgehead atoms. The van der Waals surface area contributed by atoms with Gasteiger partial charge in [-0.1, -0.05) is 6.42 Å². The van der Waals surface area contributed by atoms with Crippen molar-refractivity contribution in [2.75, 3.05) is 18.4 Å². The fourth-order valence-corrected chi connectivity index (χ4v) is 3.41. The molecule has 0 spiro atoms. The first-order valence-electron chi connectivity index (χ1n) is 7.38. The molecule has 2 fully saturated rings. The Hall–Kier alpha value is -1.43. The largest absolute Gasteiger partial charge is 0.432 e. The lowest BCUT2D eigenvalue weighted by atomic mass is 9.99. The lowest BCUT2D eigenvalue weighted by Gasteiger charge is -2.33. The number of fused-ring (bicyclic) bond motifs is 1. The summed E-state index contributed by atoms with van der Waals surface area (Å²) in [5.74, 6) is -1.18. The lowest BCUT2D eigenvalue weighted by Crippen LogP contribution is -2.41. The van der Waals surface area contributed by atoms with Gasteiger partial charge >= 0.3 is 6.61 Å². The van der Waals surface area contributed by atoms with Crippen LogP contribution in [0.15, 0.2) is 18.2 Å². The molecule has 1 aromatic rings. The minimum Gasteiger partial charge on any atom is -0.432 e. The van der Waals surface area contributed by atoms with Crippen LogP contribution in [0.25, 0.3) is 0 Å². The molecule has 2 aliphatic rings. The van der Waals surface area contributed by atoms with Gasteiger partial charge in [0.25, 0.3) is 0 Å². The van der Waals surface area contributed by atoms with E-state index in [-0.39, 0.29) is 0 Å². The van der Waals surface area contributed by atoms with Gasteiger partial charge in [0.05, 0.1) is 0 Å². The van der Waals surface area contributed by atoms with Crippen molar-refractivity contribution < 1.29 is 17.9 Å². The second-order valence-corrected chi connectivity index (χ2v) is 5.66. The summed E-state index contributed by atoms with van der Waals surface area (Å²) in [6.45, 7) is -0.806. The van der Waals surface area contributed by atoms with Gasteiger partial charge in [-0.15, -0.1) is 0 Å². The maximum atomic E-state index is 13.7. The predicted octanol–water partition coefficient (Wildman–Crippen LogP) is 3.47. The number of hydrogen-bond acceptors (Lipinski definition) is 3. The standard InChI is InChI=1S/C15H19F3N2O/c16-11-9-10(4-5-14(11)21-15(17)18)19-12-6-8-20-7-2-1-3-13(12)20/h4-5,9,12-13,15,19H,1-3,6-8H2. The highest BCUT2D eigenvalue weighted by Crippen LogP contribution is 2.30. The summed E-state index contributed by atoms with van der Waals surface area (Å²) in [4.78, 5) is 2.48. The van der Waals surface area contributed by atoms with Gasteiger partial charge in [-0.05, 0) is 37.9 Å². The van der Waals surface area contributed by atoms with Gasteiger partial charge in [-0.3, -0.25) is 4.90 Å². The number of rotatable bonds is 4. The molecule has 2 atom stereocenters. The van der Waals surface area contributed by atoms with Crippen molar-refractivity contribution in [2.45, 2.75) is 44.4 Å². The van der Waals surface area contributed by atoms with Crippen LogP contribution in [-0.4, -0.2) is 36.7 Å². The molecule has 2 unspecified atom stereocenters. The number of nitrogens with one attached hydrogen (secondary N) is 1. The van der Waals surface area contributed by atoms with Crippen LogP contribution in [0.4, 0.5) is 18.9 Å². The maximum absolute atomic E-state index is 13.7. The first-order chi connectivity index (χ1) is 10.1. The van der Waals surface area contributed by atoms with E-state index in [0.717, 1.165) is 25.9 Å². The zero-order valence-corrected chi connectivity index (χ0v) is 11.7. The molecule has 0 radical (unpaired) electrons. The van der Waals surface area contributed by atoms with Crippen molar-refractivity contribution in [1.29, 1.82) is 0 Å². The Bertz CT molecular complexity index is 498. The highest BCUT2D eigenvalue weighted by molar-refractivity contribution is 5.48. The van der Waals surface area contributed by atoms with Crippen molar-refractivity contribution in [3.63, 3.8) is 0 Å². The molecule has 6 heteroatoms. The predicted molar refractivity (Wildman–Crippen MR) is 74.3 cm³/mol. The van der Waals surface area contributed by atoms with Gasteiger partial charge in [0, 0.05) is 30.4 Å². The van der Waals surface area contributed by atoms with E-state index in [2.05, 4.69) is 15.0 Å². The highest BCUT2D eigenvalue weighted by atomic mass is 19.3. The Kier molecular flexibility index (Phi) is 4.24. The number of halogens is 3. The monoisotopic (exact) mass is 300 g/mol. The van der Waals surface area contributed by atoms with E-state index in [0.29, 0.717) is 17.8 Å². The second kappa shape index (κ2) is 6.13. The third-order valence-electron chi connectivity index (χ3n) is 4.36. The number of ether oxygens (including phenoxy) is 1. The van der Waals surface area contributed by atoms with Gasteiger partial charge in [0.15, 0.2) is 11.6 Å².